The van der Waals surface area contributed by atoms with E-state index in [4.69, 9.17) is 16.3 Å². The lowest BCUT2D eigenvalue weighted by Crippen LogP contribution is -2.28. The molecule has 0 radical (unpaired) electrons. The van der Waals surface area contributed by atoms with Crippen LogP contribution < -0.4 is 4.74 Å². The molecule has 1 saturated heterocycles. The van der Waals surface area contributed by atoms with Crippen LogP contribution in [0.2, 0.25) is 5.02 Å². The maximum Gasteiger partial charge on any atom is 0.311 e. The van der Waals surface area contributed by atoms with E-state index in [-0.39, 0.29) is 59.1 Å². The second kappa shape index (κ2) is 7.87. The van der Waals surface area contributed by atoms with Gasteiger partial charge < -0.3 is 4.74 Å². The molecule has 2 aliphatic carbocycles. The highest BCUT2D eigenvalue weighted by atomic mass is 35.5. The van der Waals surface area contributed by atoms with Gasteiger partial charge in [0.2, 0.25) is 5.75 Å². The summed E-state index contributed by atoms with van der Waals surface area (Å²) in [4.78, 5) is 36.6. The van der Waals surface area contributed by atoms with Crippen molar-refractivity contribution in [3.05, 3.63) is 80.9 Å². The normalized spacial score (nSPS) is 25.7. The number of nitro groups is 1. The number of benzene rings is 2. The van der Waals surface area contributed by atoms with Gasteiger partial charge in [0.25, 0.3) is 11.8 Å². The standard InChI is InChI=1S/C23H18ClN3O5/c24-17-6-2-1-4-16(17)12-32-21-15(5-3-7-18(21)27(30)31)11-25-26-22(28)19-13-8-9-14(10-13)20(19)23(26)29/h1-9,11,13-14,19-20H,10,12H2. The number of allylic oxidation sites excluding steroid dienone is 2. The molecule has 5 rings (SSSR count). The zero-order chi connectivity index (χ0) is 22.4. The Hall–Kier alpha value is -3.52. The fourth-order valence-electron chi connectivity index (χ4n) is 4.83. The predicted molar refractivity (Wildman–Crippen MR) is 116 cm³/mol. The average Bonchev–Trinajstić information content (AvgIpc) is 3.46. The van der Waals surface area contributed by atoms with Crippen molar-refractivity contribution in [2.45, 2.75) is 13.0 Å². The highest BCUT2D eigenvalue weighted by molar-refractivity contribution is 6.31. The zero-order valence-corrected chi connectivity index (χ0v) is 17.5. The molecule has 2 bridgehead atoms. The number of rotatable bonds is 6. The third-order valence-electron chi connectivity index (χ3n) is 6.31. The number of amides is 2. The SMILES string of the molecule is O=C1C2C3C=CC(C3)C2C(=O)N1N=Cc1cccc([N+](=O)[O-])c1OCc1ccccc1Cl. The highest BCUT2D eigenvalue weighted by Crippen LogP contribution is 2.52. The molecule has 0 N–H and O–H groups in total. The molecule has 1 saturated carbocycles. The molecule has 162 valence electrons. The van der Waals surface area contributed by atoms with E-state index in [2.05, 4.69) is 5.10 Å². The first kappa shape index (κ1) is 20.4. The van der Waals surface area contributed by atoms with E-state index in [1.165, 1.54) is 18.3 Å². The molecule has 1 heterocycles. The van der Waals surface area contributed by atoms with Crippen molar-refractivity contribution in [2.24, 2.45) is 28.8 Å². The summed E-state index contributed by atoms with van der Waals surface area (Å²) in [5.41, 5.74) is 0.695. The molecule has 1 aliphatic heterocycles. The zero-order valence-electron chi connectivity index (χ0n) is 16.8. The smallest absolute Gasteiger partial charge is 0.311 e. The van der Waals surface area contributed by atoms with E-state index in [0.29, 0.717) is 10.6 Å². The monoisotopic (exact) mass is 451 g/mol. The number of hydrazone groups is 1. The molecule has 2 aromatic carbocycles. The van der Waals surface area contributed by atoms with Gasteiger partial charge in [-0.15, -0.1) is 0 Å². The van der Waals surface area contributed by atoms with E-state index in [1.54, 1.807) is 30.3 Å². The molecule has 2 fully saturated rings. The third kappa shape index (κ3) is 3.27. The molecule has 0 spiro atoms. The van der Waals surface area contributed by atoms with Crippen LogP contribution in [0.4, 0.5) is 5.69 Å². The summed E-state index contributed by atoms with van der Waals surface area (Å²) in [5.74, 6) is -1.23. The lowest BCUT2D eigenvalue weighted by molar-refractivity contribution is -0.385. The van der Waals surface area contributed by atoms with Crippen LogP contribution in [-0.4, -0.2) is 28.0 Å². The van der Waals surface area contributed by atoms with Gasteiger partial charge in [0.15, 0.2) is 0 Å². The number of hydrogen-bond acceptors (Lipinski definition) is 6. The Morgan fingerprint density at radius 1 is 1.09 bits per heavy atom. The summed E-state index contributed by atoms with van der Waals surface area (Å²) in [7, 11) is 0. The van der Waals surface area contributed by atoms with Gasteiger partial charge >= 0.3 is 5.69 Å². The average molecular weight is 452 g/mol. The van der Waals surface area contributed by atoms with Gasteiger partial charge in [-0.2, -0.15) is 10.1 Å². The van der Waals surface area contributed by atoms with Crippen molar-refractivity contribution < 1.29 is 19.2 Å². The number of imide groups is 1. The van der Waals surface area contributed by atoms with Gasteiger partial charge in [-0.1, -0.05) is 48.0 Å². The number of hydrogen-bond donors (Lipinski definition) is 0. The Labute approximate surface area is 188 Å². The van der Waals surface area contributed by atoms with Crippen LogP contribution in [-0.2, 0) is 16.2 Å². The Balaban J connectivity index is 1.42. The van der Waals surface area contributed by atoms with Crippen LogP contribution in [0.3, 0.4) is 0 Å². The van der Waals surface area contributed by atoms with Crippen molar-refractivity contribution in [3.63, 3.8) is 0 Å². The summed E-state index contributed by atoms with van der Waals surface area (Å²) in [6.07, 6.45) is 6.10. The summed E-state index contributed by atoms with van der Waals surface area (Å²) < 4.78 is 5.77. The second-order valence-corrected chi connectivity index (χ2v) is 8.47. The van der Waals surface area contributed by atoms with Gasteiger partial charge in [-0.3, -0.25) is 19.7 Å². The quantitative estimate of drug-likeness (QED) is 0.217. The summed E-state index contributed by atoms with van der Waals surface area (Å²) in [5, 5.41) is 17.1. The minimum absolute atomic E-state index is 0.00607. The van der Waals surface area contributed by atoms with E-state index in [9.17, 15) is 19.7 Å². The van der Waals surface area contributed by atoms with Gasteiger partial charge in [0, 0.05) is 22.2 Å². The lowest BCUT2D eigenvalue weighted by atomic mass is 9.85. The predicted octanol–water partition coefficient (Wildman–Crippen LogP) is 3.97. The van der Waals surface area contributed by atoms with Crippen LogP contribution in [0.15, 0.2) is 59.7 Å². The Morgan fingerprint density at radius 2 is 1.78 bits per heavy atom. The van der Waals surface area contributed by atoms with Crippen LogP contribution >= 0.6 is 11.6 Å². The maximum atomic E-state index is 12.8. The van der Waals surface area contributed by atoms with E-state index >= 15 is 0 Å². The molecule has 32 heavy (non-hydrogen) atoms. The molecule has 9 heteroatoms. The van der Waals surface area contributed by atoms with E-state index in [1.807, 2.05) is 12.2 Å². The number of carbonyl (C=O) groups excluding carboxylic acids is 2. The molecule has 4 unspecified atom stereocenters. The van der Waals surface area contributed by atoms with Crippen LogP contribution in [0.25, 0.3) is 0 Å². The maximum absolute atomic E-state index is 12.8. The molecule has 2 aromatic rings. The fraction of sp³-hybridized carbons (Fsp3) is 0.261. The number of fused-ring (bicyclic) bond motifs is 5. The van der Waals surface area contributed by atoms with Crippen molar-refractivity contribution >= 4 is 35.3 Å². The first-order chi connectivity index (χ1) is 15.5. The minimum atomic E-state index is -0.556. The van der Waals surface area contributed by atoms with E-state index in [0.717, 1.165) is 11.4 Å². The number of para-hydroxylation sites is 1. The third-order valence-corrected chi connectivity index (χ3v) is 6.68. The summed E-state index contributed by atoms with van der Waals surface area (Å²) in [6.45, 7) is 0.00607. The fourth-order valence-corrected chi connectivity index (χ4v) is 5.02. The van der Waals surface area contributed by atoms with Crippen LogP contribution in [0, 0.1) is 33.8 Å². The molecule has 4 atom stereocenters. The highest BCUT2D eigenvalue weighted by Gasteiger charge is 2.59. The summed E-state index contributed by atoms with van der Waals surface area (Å²) >= 11 is 6.16. The number of halogens is 1. The van der Waals surface area contributed by atoms with Crippen molar-refractivity contribution in [2.75, 3.05) is 0 Å². The van der Waals surface area contributed by atoms with Crippen molar-refractivity contribution in [3.8, 4) is 5.75 Å². The first-order valence-electron chi connectivity index (χ1n) is 10.2. The van der Waals surface area contributed by atoms with E-state index < -0.39 is 4.92 Å². The molecular weight excluding hydrogens is 434 g/mol. The molecule has 2 amide bonds. The number of nitrogens with zero attached hydrogens (tertiary/aromatic N) is 3. The summed E-state index contributed by atoms with van der Waals surface area (Å²) in [6, 6.07) is 11.4. The first-order valence-corrected chi connectivity index (χ1v) is 10.6. The van der Waals surface area contributed by atoms with Gasteiger partial charge in [0.1, 0.15) is 6.61 Å². The largest absolute Gasteiger partial charge is 0.481 e. The van der Waals surface area contributed by atoms with Crippen molar-refractivity contribution in [1.29, 1.82) is 0 Å². The Morgan fingerprint density at radius 3 is 2.44 bits per heavy atom. The van der Waals surface area contributed by atoms with Gasteiger partial charge in [0.05, 0.1) is 23.0 Å². The number of nitro benzene ring substituents is 1. The number of carbonyl (C=O) groups is 2. The molecule has 0 aromatic heterocycles. The molecule has 8 nitrogen and oxygen atoms in total. The van der Waals surface area contributed by atoms with Gasteiger partial charge in [-0.05, 0) is 30.4 Å². The number of ether oxygens (including phenoxy) is 1. The van der Waals surface area contributed by atoms with Crippen LogP contribution in [0.5, 0.6) is 5.75 Å². The topological polar surface area (TPSA) is 102 Å². The lowest BCUT2D eigenvalue weighted by Gasteiger charge is -2.13. The van der Waals surface area contributed by atoms with Crippen LogP contribution in [0.1, 0.15) is 17.5 Å². The van der Waals surface area contributed by atoms with Crippen molar-refractivity contribution in [1.82, 2.24) is 5.01 Å². The Kier molecular flexibility index (Phi) is 5.01. The second-order valence-electron chi connectivity index (χ2n) is 8.07. The Bertz CT molecular complexity index is 1160. The minimum Gasteiger partial charge on any atom is -0.481 e. The molecular formula is C23H18ClN3O5. The van der Waals surface area contributed by atoms with Gasteiger partial charge in [-0.25, -0.2) is 0 Å². The molecule has 3 aliphatic rings.